The maximum Gasteiger partial charge on any atom is 0.267 e. The summed E-state index contributed by atoms with van der Waals surface area (Å²) in [4.78, 5) is 41.7. The monoisotopic (exact) mass is 384 g/mol. The molecule has 0 aromatic carbocycles. The van der Waals surface area contributed by atoms with Crippen molar-refractivity contribution in [1.29, 1.82) is 0 Å². The Labute approximate surface area is 164 Å². The quantitative estimate of drug-likeness (QED) is 0.762. The summed E-state index contributed by atoms with van der Waals surface area (Å²) in [5.41, 5.74) is 1.86. The molecule has 4 heterocycles. The van der Waals surface area contributed by atoms with Crippen LogP contribution in [0.25, 0.3) is 0 Å². The van der Waals surface area contributed by atoms with Crippen LogP contribution in [0.3, 0.4) is 0 Å². The molecule has 3 fully saturated rings. The fraction of sp³-hybridized carbons (Fsp3) is 0.714. The first-order valence-corrected chi connectivity index (χ1v) is 10.8. The van der Waals surface area contributed by atoms with E-state index < -0.39 is 0 Å². The number of likely N-dealkylation sites (tertiary alicyclic amines) is 1. The minimum absolute atomic E-state index is 0.0179. The lowest BCUT2D eigenvalue weighted by Gasteiger charge is -2.52. The van der Waals surface area contributed by atoms with Gasteiger partial charge in [0.05, 0.1) is 5.69 Å². The molecule has 0 spiro atoms. The second kappa shape index (κ2) is 7.01. The maximum atomic E-state index is 13.0. The van der Waals surface area contributed by atoms with Gasteiger partial charge in [-0.15, -0.1) is 0 Å². The van der Waals surface area contributed by atoms with E-state index in [1.807, 2.05) is 4.90 Å². The van der Waals surface area contributed by atoms with Gasteiger partial charge in [-0.1, -0.05) is 0 Å². The zero-order valence-corrected chi connectivity index (χ0v) is 16.3. The molecule has 7 nitrogen and oxygen atoms in total. The lowest BCUT2D eigenvalue weighted by atomic mass is 9.76. The zero-order valence-electron chi connectivity index (χ0n) is 16.3. The normalized spacial score (nSPS) is 29.3. The number of carbonyl (C=O) groups is 2. The number of hydrogen-bond donors (Lipinski definition) is 0. The standard InChI is InChI=1S/C21H28N4O3/c26-19-7-3-6-18-16-8-14(11-24(18)19)10-23(12-16)21(28)13-25-20(27)9-15-4-1-2-5-17(15)22-25/h9,14,16,18H,1-8,10-13H2/t14-,16-,18?/m0/s1. The molecule has 3 saturated heterocycles. The molecule has 2 amide bonds. The number of aryl methyl sites for hydroxylation is 2. The summed E-state index contributed by atoms with van der Waals surface area (Å²) in [5, 5.41) is 4.50. The van der Waals surface area contributed by atoms with Gasteiger partial charge in [-0.25, -0.2) is 4.68 Å². The molecule has 7 heteroatoms. The van der Waals surface area contributed by atoms with Crippen molar-refractivity contribution in [1.82, 2.24) is 19.6 Å². The maximum absolute atomic E-state index is 13.0. The van der Waals surface area contributed by atoms with Crippen molar-refractivity contribution in [3.8, 4) is 0 Å². The van der Waals surface area contributed by atoms with Crippen molar-refractivity contribution < 1.29 is 9.59 Å². The predicted molar refractivity (Wildman–Crippen MR) is 103 cm³/mol. The van der Waals surface area contributed by atoms with Crippen molar-refractivity contribution in [3.05, 3.63) is 27.7 Å². The molecule has 5 rings (SSSR count). The van der Waals surface area contributed by atoms with E-state index in [0.717, 1.165) is 62.7 Å². The Bertz CT molecular complexity index is 864. The highest BCUT2D eigenvalue weighted by atomic mass is 16.2. The summed E-state index contributed by atoms with van der Waals surface area (Å²) in [7, 11) is 0. The van der Waals surface area contributed by atoms with Gasteiger partial charge in [0.25, 0.3) is 5.56 Å². The van der Waals surface area contributed by atoms with E-state index in [4.69, 9.17) is 0 Å². The van der Waals surface area contributed by atoms with E-state index in [9.17, 15) is 14.4 Å². The van der Waals surface area contributed by atoms with Crippen LogP contribution in [-0.2, 0) is 29.0 Å². The molecule has 150 valence electrons. The van der Waals surface area contributed by atoms with E-state index in [2.05, 4.69) is 10.00 Å². The third kappa shape index (κ3) is 3.14. The van der Waals surface area contributed by atoms with Gasteiger partial charge in [0.1, 0.15) is 6.54 Å². The summed E-state index contributed by atoms with van der Waals surface area (Å²) in [6.45, 7) is 2.19. The molecule has 0 saturated carbocycles. The van der Waals surface area contributed by atoms with Crippen LogP contribution < -0.4 is 5.56 Å². The van der Waals surface area contributed by atoms with Gasteiger partial charge >= 0.3 is 0 Å². The van der Waals surface area contributed by atoms with Crippen LogP contribution in [0, 0.1) is 11.8 Å². The number of aromatic nitrogens is 2. The largest absolute Gasteiger partial charge is 0.340 e. The van der Waals surface area contributed by atoms with Crippen LogP contribution in [0.5, 0.6) is 0 Å². The van der Waals surface area contributed by atoms with Gasteiger partial charge in [0.2, 0.25) is 11.8 Å². The van der Waals surface area contributed by atoms with Gasteiger partial charge in [-0.05, 0) is 62.3 Å². The number of rotatable bonds is 2. The first kappa shape index (κ1) is 17.9. The van der Waals surface area contributed by atoms with E-state index in [1.165, 1.54) is 4.68 Å². The predicted octanol–water partition coefficient (Wildman–Crippen LogP) is 0.982. The number of nitrogens with zero attached hydrogens (tertiary/aromatic N) is 4. The van der Waals surface area contributed by atoms with Gasteiger partial charge < -0.3 is 9.80 Å². The highest BCUT2D eigenvalue weighted by Crippen LogP contribution is 2.37. The Morgan fingerprint density at radius 3 is 2.82 bits per heavy atom. The molecule has 3 atom stereocenters. The third-order valence-electron chi connectivity index (χ3n) is 7.09. The van der Waals surface area contributed by atoms with Crippen LogP contribution in [0.15, 0.2) is 10.9 Å². The van der Waals surface area contributed by atoms with E-state index in [0.29, 0.717) is 31.3 Å². The average molecular weight is 384 g/mol. The van der Waals surface area contributed by atoms with Crippen molar-refractivity contribution in [2.45, 2.75) is 64.0 Å². The summed E-state index contributed by atoms with van der Waals surface area (Å²) in [6, 6.07) is 1.96. The van der Waals surface area contributed by atoms with E-state index in [-0.39, 0.29) is 30.0 Å². The van der Waals surface area contributed by atoms with Crippen molar-refractivity contribution >= 4 is 11.8 Å². The van der Waals surface area contributed by atoms with Gasteiger partial charge in [0.15, 0.2) is 0 Å². The Morgan fingerprint density at radius 1 is 1.07 bits per heavy atom. The zero-order chi connectivity index (χ0) is 19.3. The molecular weight excluding hydrogens is 356 g/mol. The molecule has 0 radical (unpaired) electrons. The number of piperidine rings is 3. The molecule has 1 aromatic heterocycles. The van der Waals surface area contributed by atoms with Crippen LogP contribution in [-0.4, -0.2) is 57.1 Å². The SMILES string of the molecule is O=C(Cn1nc2c(cc1=O)CCCC2)N1C[C@@H]2C[C@@H](C1)C1CCCC(=O)N1C2. The molecular formula is C21H28N4O3. The summed E-state index contributed by atoms with van der Waals surface area (Å²) >= 11 is 0. The first-order valence-electron chi connectivity index (χ1n) is 10.8. The molecule has 28 heavy (non-hydrogen) atoms. The summed E-state index contributed by atoms with van der Waals surface area (Å²) < 4.78 is 1.35. The second-order valence-electron chi connectivity index (χ2n) is 8.99. The van der Waals surface area contributed by atoms with Crippen LogP contribution >= 0.6 is 0 Å². The van der Waals surface area contributed by atoms with Crippen LogP contribution in [0.2, 0.25) is 0 Å². The Hall–Kier alpha value is -2.18. The Kier molecular flexibility index (Phi) is 4.48. The van der Waals surface area contributed by atoms with Crippen LogP contribution in [0.4, 0.5) is 0 Å². The first-order chi connectivity index (χ1) is 13.6. The lowest BCUT2D eigenvalue weighted by Crippen LogP contribution is -2.61. The summed E-state index contributed by atoms with van der Waals surface area (Å²) in [6.07, 6.45) is 7.80. The molecule has 1 aliphatic carbocycles. The third-order valence-corrected chi connectivity index (χ3v) is 7.09. The average Bonchev–Trinajstić information content (AvgIpc) is 2.69. The molecule has 3 aliphatic heterocycles. The fourth-order valence-corrected chi connectivity index (χ4v) is 5.76. The molecule has 1 aromatic rings. The number of carbonyl (C=O) groups excluding carboxylic acids is 2. The van der Waals surface area contributed by atoms with Crippen molar-refractivity contribution in [3.63, 3.8) is 0 Å². The minimum Gasteiger partial charge on any atom is -0.340 e. The molecule has 0 N–H and O–H groups in total. The highest BCUT2D eigenvalue weighted by Gasteiger charge is 2.44. The summed E-state index contributed by atoms with van der Waals surface area (Å²) in [5.74, 6) is 0.995. The Balaban J connectivity index is 1.31. The molecule has 4 aliphatic rings. The smallest absolute Gasteiger partial charge is 0.267 e. The lowest BCUT2D eigenvalue weighted by molar-refractivity contribution is -0.149. The van der Waals surface area contributed by atoms with Crippen molar-refractivity contribution in [2.75, 3.05) is 19.6 Å². The highest BCUT2D eigenvalue weighted by molar-refractivity contribution is 5.78. The second-order valence-corrected chi connectivity index (χ2v) is 8.99. The van der Waals surface area contributed by atoms with E-state index in [1.54, 1.807) is 6.07 Å². The van der Waals surface area contributed by atoms with Crippen molar-refractivity contribution in [2.24, 2.45) is 11.8 Å². The minimum atomic E-state index is -0.171. The number of fused-ring (bicyclic) bond motifs is 5. The van der Waals surface area contributed by atoms with Gasteiger partial charge in [-0.3, -0.25) is 14.4 Å². The number of hydrogen-bond acceptors (Lipinski definition) is 4. The Morgan fingerprint density at radius 2 is 1.93 bits per heavy atom. The molecule has 1 unspecified atom stereocenters. The topological polar surface area (TPSA) is 75.5 Å². The number of amides is 2. The fourth-order valence-electron chi connectivity index (χ4n) is 5.76. The van der Waals surface area contributed by atoms with Gasteiger partial charge in [0, 0.05) is 38.2 Å². The van der Waals surface area contributed by atoms with Gasteiger partial charge in [-0.2, -0.15) is 5.10 Å². The molecule has 2 bridgehead atoms. The van der Waals surface area contributed by atoms with E-state index >= 15 is 0 Å². The van der Waals surface area contributed by atoms with Crippen LogP contribution in [0.1, 0.15) is 49.8 Å².